The van der Waals surface area contributed by atoms with Crippen molar-refractivity contribution in [2.24, 2.45) is 0 Å². The summed E-state index contributed by atoms with van der Waals surface area (Å²) in [6.45, 7) is 3.88. The average Bonchev–Trinajstić information content (AvgIpc) is 2.85. The van der Waals surface area contributed by atoms with Crippen LogP contribution in [0.1, 0.15) is 33.2 Å². The zero-order valence-electron chi connectivity index (χ0n) is 11.6. The molecule has 20 heavy (non-hydrogen) atoms. The summed E-state index contributed by atoms with van der Waals surface area (Å²) in [5, 5.41) is 3.76. The number of rotatable bonds is 4. The van der Waals surface area contributed by atoms with Gasteiger partial charge in [0.2, 0.25) is 0 Å². The number of ether oxygens (including phenoxy) is 1. The monoisotopic (exact) mass is 291 g/mol. The second-order valence-corrected chi connectivity index (χ2v) is 5.69. The normalized spacial score (nSPS) is 11.9. The minimum Gasteiger partial charge on any atom is -0.495 e. The number of hydrogen-bond acceptors (Lipinski definition) is 5. The van der Waals surface area contributed by atoms with Crippen LogP contribution in [0.3, 0.4) is 0 Å². The van der Waals surface area contributed by atoms with Crippen LogP contribution in [0.15, 0.2) is 24.4 Å². The highest BCUT2D eigenvalue weighted by molar-refractivity contribution is 7.11. The first-order valence-corrected chi connectivity index (χ1v) is 7.00. The molecule has 0 radical (unpaired) electrons. The van der Waals surface area contributed by atoms with E-state index in [9.17, 15) is 4.79 Å². The van der Waals surface area contributed by atoms with Crippen LogP contribution in [0, 0.1) is 6.92 Å². The third-order valence-electron chi connectivity index (χ3n) is 2.89. The number of thiazole rings is 1. The van der Waals surface area contributed by atoms with Crippen LogP contribution in [0.25, 0.3) is 0 Å². The summed E-state index contributed by atoms with van der Waals surface area (Å²) in [4.78, 5) is 17.6. The number of amides is 1. The quantitative estimate of drug-likeness (QED) is 0.849. The molecule has 0 saturated heterocycles. The topological polar surface area (TPSA) is 77.2 Å². The van der Waals surface area contributed by atoms with Crippen LogP contribution >= 0.6 is 11.3 Å². The Morgan fingerprint density at radius 1 is 1.50 bits per heavy atom. The maximum atomic E-state index is 12.3. The molecule has 0 aliphatic rings. The maximum absolute atomic E-state index is 12.3. The smallest absolute Gasteiger partial charge is 0.254 e. The molecule has 1 aromatic heterocycles. The van der Waals surface area contributed by atoms with E-state index in [0.29, 0.717) is 17.0 Å². The molecule has 0 fully saturated rings. The van der Waals surface area contributed by atoms with Gasteiger partial charge in [-0.05, 0) is 26.0 Å². The SMILES string of the molecule is COc1cccc(C(=O)NC(C)c2ncc(C)s2)c1N. The van der Waals surface area contributed by atoms with Gasteiger partial charge in [-0.15, -0.1) is 11.3 Å². The zero-order valence-corrected chi connectivity index (χ0v) is 12.5. The van der Waals surface area contributed by atoms with Crippen molar-refractivity contribution in [3.8, 4) is 5.75 Å². The molecule has 0 spiro atoms. The lowest BCUT2D eigenvalue weighted by Crippen LogP contribution is -2.27. The van der Waals surface area contributed by atoms with Gasteiger partial charge < -0.3 is 15.8 Å². The molecule has 0 bridgehead atoms. The Balaban J connectivity index is 2.16. The fourth-order valence-corrected chi connectivity index (χ4v) is 2.60. The van der Waals surface area contributed by atoms with Crippen LogP contribution in [0.2, 0.25) is 0 Å². The molecule has 106 valence electrons. The first-order valence-electron chi connectivity index (χ1n) is 6.18. The third kappa shape index (κ3) is 2.91. The fraction of sp³-hybridized carbons (Fsp3) is 0.286. The number of nitrogens with zero attached hydrogens (tertiary/aromatic N) is 1. The van der Waals surface area contributed by atoms with Crippen molar-refractivity contribution < 1.29 is 9.53 Å². The number of anilines is 1. The van der Waals surface area contributed by atoms with Crippen molar-refractivity contribution in [1.82, 2.24) is 10.3 Å². The lowest BCUT2D eigenvalue weighted by atomic mass is 10.1. The summed E-state index contributed by atoms with van der Waals surface area (Å²) in [6, 6.07) is 4.97. The summed E-state index contributed by atoms with van der Waals surface area (Å²) >= 11 is 1.56. The number of aromatic nitrogens is 1. The molecule has 3 N–H and O–H groups in total. The van der Waals surface area contributed by atoms with Gasteiger partial charge in [-0.3, -0.25) is 4.79 Å². The lowest BCUT2D eigenvalue weighted by molar-refractivity contribution is 0.0940. The Bertz CT molecular complexity index is 625. The summed E-state index contributed by atoms with van der Waals surface area (Å²) < 4.78 is 5.11. The van der Waals surface area contributed by atoms with E-state index in [1.165, 1.54) is 7.11 Å². The standard InChI is InChI=1S/C14H17N3O2S/c1-8-7-16-14(20-8)9(2)17-13(18)10-5-4-6-11(19-3)12(10)15/h4-7,9H,15H2,1-3H3,(H,17,18). The minimum absolute atomic E-state index is 0.160. The van der Waals surface area contributed by atoms with Crippen LogP contribution in [0.5, 0.6) is 5.75 Å². The van der Waals surface area contributed by atoms with E-state index in [1.54, 1.807) is 35.7 Å². The molecule has 2 aromatic rings. The van der Waals surface area contributed by atoms with E-state index in [-0.39, 0.29) is 11.9 Å². The lowest BCUT2D eigenvalue weighted by Gasteiger charge is -2.13. The van der Waals surface area contributed by atoms with Crippen LogP contribution in [0.4, 0.5) is 5.69 Å². The van der Waals surface area contributed by atoms with Gasteiger partial charge in [-0.2, -0.15) is 0 Å². The minimum atomic E-state index is -0.234. The highest BCUT2D eigenvalue weighted by Gasteiger charge is 2.17. The van der Waals surface area contributed by atoms with Crippen LogP contribution in [-0.4, -0.2) is 18.0 Å². The molecule has 6 heteroatoms. The Labute approximate surface area is 121 Å². The number of nitrogens with one attached hydrogen (secondary N) is 1. The summed E-state index contributed by atoms with van der Waals surface area (Å²) in [5.41, 5.74) is 6.66. The first-order chi connectivity index (χ1) is 9.52. The number of hydrogen-bond donors (Lipinski definition) is 2. The van der Waals surface area contributed by atoms with Crippen molar-refractivity contribution >= 4 is 22.9 Å². The van der Waals surface area contributed by atoms with Crippen molar-refractivity contribution in [3.63, 3.8) is 0 Å². The number of methoxy groups -OCH3 is 1. The molecular formula is C14H17N3O2S. The molecule has 1 unspecified atom stereocenters. The summed E-state index contributed by atoms with van der Waals surface area (Å²) in [5.74, 6) is 0.261. The van der Waals surface area contributed by atoms with Crippen molar-refractivity contribution in [1.29, 1.82) is 0 Å². The number of benzene rings is 1. The Kier molecular flexibility index (Phi) is 4.24. The number of nitrogen functional groups attached to an aromatic ring is 1. The molecule has 0 aliphatic carbocycles. The second-order valence-electron chi connectivity index (χ2n) is 4.43. The van der Waals surface area contributed by atoms with E-state index in [2.05, 4.69) is 10.3 Å². The molecule has 5 nitrogen and oxygen atoms in total. The van der Waals surface area contributed by atoms with Gasteiger partial charge >= 0.3 is 0 Å². The molecule has 1 amide bonds. The van der Waals surface area contributed by atoms with E-state index in [1.807, 2.05) is 13.8 Å². The molecular weight excluding hydrogens is 274 g/mol. The molecule has 2 rings (SSSR count). The third-order valence-corrected chi connectivity index (χ3v) is 3.98. The van der Waals surface area contributed by atoms with Gasteiger partial charge in [0.15, 0.2) is 0 Å². The number of carbonyl (C=O) groups is 1. The second kappa shape index (κ2) is 5.92. The van der Waals surface area contributed by atoms with Crippen molar-refractivity contribution in [2.75, 3.05) is 12.8 Å². The van der Waals surface area contributed by atoms with Crippen molar-refractivity contribution in [2.45, 2.75) is 19.9 Å². The summed E-state index contributed by atoms with van der Waals surface area (Å²) in [6.07, 6.45) is 1.79. The van der Waals surface area contributed by atoms with Gasteiger partial charge in [0, 0.05) is 11.1 Å². The van der Waals surface area contributed by atoms with E-state index in [4.69, 9.17) is 10.5 Å². The first kappa shape index (κ1) is 14.3. The van der Waals surface area contributed by atoms with Gasteiger partial charge in [0.1, 0.15) is 10.8 Å². The predicted octanol–water partition coefficient (Wildman–Crippen LogP) is 2.53. The largest absolute Gasteiger partial charge is 0.495 e. The predicted molar refractivity (Wildman–Crippen MR) is 80.1 cm³/mol. The van der Waals surface area contributed by atoms with E-state index in [0.717, 1.165) is 9.88 Å². The van der Waals surface area contributed by atoms with E-state index < -0.39 is 0 Å². The molecule has 1 heterocycles. The number of para-hydroxylation sites is 1. The average molecular weight is 291 g/mol. The molecule has 0 saturated carbocycles. The Morgan fingerprint density at radius 3 is 2.85 bits per heavy atom. The van der Waals surface area contributed by atoms with Crippen LogP contribution in [-0.2, 0) is 0 Å². The highest BCUT2D eigenvalue weighted by atomic mass is 32.1. The Morgan fingerprint density at radius 2 is 2.25 bits per heavy atom. The number of aryl methyl sites for hydroxylation is 1. The molecule has 0 aliphatic heterocycles. The van der Waals surface area contributed by atoms with Gasteiger partial charge in [-0.1, -0.05) is 6.07 Å². The van der Waals surface area contributed by atoms with Gasteiger partial charge in [0.25, 0.3) is 5.91 Å². The maximum Gasteiger partial charge on any atom is 0.254 e. The summed E-state index contributed by atoms with van der Waals surface area (Å²) in [7, 11) is 1.52. The Hall–Kier alpha value is -2.08. The molecule has 1 aromatic carbocycles. The van der Waals surface area contributed by atoms with E-state index >= 15 is 0 Å². The van der Waals surface area contributed by atoms with Crippen molar-refractivity contribution in [3.05, 3.63) is 39.8 Å². The van der Waals surface area contributed by atoms with Gasteiger partial charge in [0.05, 0.1) is 24.4 Å². The fourth-order valence-electron chi connectivity index (χ4n) is 1.83. The van der Waals surface area contributed by atoms with Crippen LogP contribution < -0.4 is 15.8 Å². The molecule has 1 atom stereocenters. The van der Waals surface area contributed by atoms with Gasteiger partial charge in [-0.25, -0.2) is 4.98 Å². The highest BCUT2D eigenvalue weighted by Crippen LogP contribution is 2.25. The number of carbonyl (C=O) groups excluding carboxylic acids is 1. The zero-order chi connectivity index (χ0) is 14.7. The number of nitrogens with two attached hydrogens (primary N) is 1.